The van der Waals surface area contributed by atoms with Crippen LogP contribution in [0.5, 0.6) is 0 Å². The fourth-order valence-corrected chi connectivity index (χ4v) is 1.73. The van der Waals surface area contributed by atoms with E-state index in [0.717, 1.165) is 25.3 Å². The number of nitrogens with zero attached hydrogens (tertiary/aromatic N) is 1. The molecule has 1 rings (SSSR count). The largest absolute Gasteiger partial charge is 0.345 e. The molecule has 1 aliphatic carbocycles. The molecule has 0 atom stereocenters. The number of rotatable bonds is 5. The van der Waals surface area contributed by atoms with Gasteiger partial charge in [0.05, 0.1) is 0 Å². The molecular weight excluding hydrogens is 162 g/mol. The summed E-state index contributed by atoms with van der Waals surface area (Å²) in [6, 6.07) is 0. The highest BCUT2D eigenvalue weighted by molar-refractivity contribution is 5.78. The average Bonchev–Trinajstić information content (AvgIpc) is 2.90. The molecule has 0 aromatic rings. The molecule has 2 nitrogen and oxygen atoms in total. The van der Waals surface area contributed by atoms with Crippen LogP contribution in [0, 0.1) is 11.8 Å². The molecule has 76 valence electrons. The third-order valence-electron chi connectivity index (χ3n) is 2.94. The SMILES string of the molecule is CCC(CC)C(=O)N(C)CC1CC1. The van der Waals surface area contributed by atoms with Crippen LogP contribution < -0.4 is 0 Å². The molecule has 0 heterocycles. The standard InChI is InChI=1S/C11H21NO/c1-4-10(5-2)11(13)12(3)8-9-6-7-9/h9-10H,4-8H2,1-3H3. The van der Waals surface area contributed by atoms with Gasteiger partial charge >= 0.3 is 0 Å². The van der Waals surface area contributed by atoms with Gasteiger partial charge in [-0.3, -0.25) is 4.79 Å². The topological polar surface area (TPSA) is 20.3 Å². The van der Waals surface area contributed by atoms with Gasteiger partial charge in [-0.05, 0) is 31.6 Å². The van der Waals surface area contributed by atoms with Crippen LogP contribution in [0.3, 0.4) is 0 Å². The quantitative estimate of drug-likeness (QED) is 0.640. The number of amides is 1. The maximum atomic E-state index is 11.8. The summed E-state index contributed by atoms with van der Waals surface area (Å²) < 4.78 is 0. The summed E-state index contributed by atoms with van der Waals surface area (Å²) >= 11 is 0. The Labute approximate surface area is 81.3 Å². The second-order valence-corrected chi connectivity index (χ2v) is 4.18. The maximum absolute atomic E-state index is 11.8. The van der Waals surface area contributed by atoms with Crippen molar-refractivity contribution in [3.8, 4) is 0 Å². The van der Waals surface area contributed by atoms with E-state index >= 15 is 0 Å². The molecule has 0 aromatic carbocycles. The molecule has 0 N–H and O–H groups in total. The van der Waals surface area contributed by atoms with Crippen LogP contribution in [0.25, 0.3) is 0 Å². The highest BCUT2D eigenvalue weighted by Gasteiger charge is 2.26. The second kappa shape index (κ2) is 4.64. The van der Waals surface area contributed by atoms with Crippen LogP contribution in [0.4, 0.5) is 0 Å². The Hall–Kier alpha value is -0.530. The monoisotopic (exact) mass is 183 g/mol. The van der Waals surface area contributed by atoms with Gasteiger partial charge in [0.25, 0.3) is 0 Å². The van der Waals surface area contributed by atoms with E-state index in [1.165, 1.54) is 12.8 Å². The van der Waals surface area contributed by atoms with Crippen LogP contribution in [-0.2, 0) is 4.79 Å². The first-order chi connectivity index (χ1) is 6.19. The Kier molecular flexibility index (Phi) is 3.76. The molecule has 1 fully saturated rings. The smallest absolute Gasteiger partial charge is 0.225 e. The summed E-state index contributed by atoms with van der Waals surface area (Å²) in [5.74, 6) is 1.41. The van der Waals surface area contributed by atoms with E-state index in [-0.39, 0.29) is 5.92 Å². The molecule has 0 saturated heterocycles. The molecule has 1 saturated carbocycles. The van der Waals surface area contributed by atoms with Crippen LogP contribution in [0.1, 0.15) is 39.5 Å². The lowest BCUT2D eigenvalue weighted by Crippen LogP contribution is -2.33. The van der Waals surface area contributed by atoms with Crippen molar-refractivity contribution < 1.29 is 4.79 Å². The molecule has 2 heteroatoms. The van der Waals surface area contributed by atoms with E-state index in [9.17, 15) is 4.79 Å². The van der Waals surface area contributed by atoms with Crippen LogP contribution in [-0.4, -0.2) is 24.4 Å². The van der Waals surface area contributed by atoms with Crippen molar-refractivity contribution in [1.82, 2.24) is 4.90 Å². The van der Waals surface area contributed by atoms with E-state index < -0.39 is 0 Å². The molecule has 0 unspecified atom stereocenters. The van der Waals surface area contributed by atoms with Crippen molar-refractivity contribution >= 4 is 5.91 Å². The molecular formula is C11H21NO. The maximum Gasteiger partial charge on any atom is 0.225 e. The first-order valence-corrected chi connectivity index (χ1v) is 5.44. The van der Waals surface area contributed by atoms with Crippen molar-refractivity contribution in [2.75, 3.05) is 13.6 Å². The third-order valence-corrected chi connectivity index (χ3v) is 2.94. The lowest BCUT2D eigenvalue weighted by Gasteiger charge is -2.21. The van der Waals surface area contributed by atoms with Crippen molar-refractivity contribution in [3.63, 3.8) is 0 Å². The zero-order chi connectivity index (χ0) is 9.84. The average molecular weight is 183 g/mol. The first-order valence-electron chi connectivity index (χ1n) is 5.44. The third kappa shape index (κ3) is 3.02. The molecule has 0 spiro atoms. The van der Waals surface area contributed by atoms with Gasteiger partial charge in [-0.25, -0.2) is 0 Å². The lowest BCUT2D eigenvalue weighted by atomic mass is 10.0. The van der Waals surface area contributed by atoms with E-state index in [2.05, 4.69) is 13.8 Å². The van der Waals surface area contributed by atoms with Crippen molar-refractivity contribution in [1.29, 1.82) is 0 Å². The Balaban J connectivity index is 2.33. The van der Waals surface area contributed by atoms with Crippen molar-refractivity contribution in [3.05, 3.63) is 0 Å². The van der Waals surface area contributed by atoms with Crippen LogP contribution >= 0.6 is 0 Å². The summed E-state index contributed by atoms with van der Waals surface area (Å²) in [5, 5.41) is 0. The van der Waals surface area contributed by atoms with Gasteiger partial charge < -0.3 is 4.90 Å². The molecule has 0 aliphatic heterocycles. The van der Waals surface area contributed by atoms with Gasteiger partial charge in [-0.15, -0.1) is 0 Å². The number of hydrogen-bond acceptors (Lipinski definition) is 1. The highest BCUT2D eigenvalue weighted by Crippen LogP contribution is 2.29. The van der Waals surface area contributed by atoms with Gasteiger partial charge in [0.1, 0.15) is 0 Å². The van der Waals surface area contributed by atoms with E-state index in [0.29, 0.717) is 5.91 Å². The van der Waals surface area contributed by atoms with Gasteiger partial charge in [0.15, 0.2) is 0 Å². The number of carbonyl (C=O) groups excluding carboxylic acids is 1. The first kappa shape index (κ1) is 10.6. The minimum Gasteiger partial charge on any atom is -0.345 e. The molecule has 1 amide bonds. The van der Waals surface area contributed by atoms with E-state index in [1.54, 1.807) is 0 Å². The summed E-state index contributed by atoms with van der Waals surface area (Å²) in [7, 11) is 1.94. The Morgan fingerprint density at radius 2 is 1.92 bits per heavy atom. The zero-order valence-electron chi connectivity index (χ0n) is 9.05. The molecule has 0 aromatic heterocycles. The summed E-state index contributed by atoms with van der Waals surface area (Å²) in [4.78, 5) is 13.7. The lowest BCUT2D eigenvalue weighted by molar-refractivity contribution is -0.134. The second-order valence-electron chi connectivity index (χ2n) is 4.18. The predicted octanol–water partition coefficient (Wildman–Crippen LogP) is 2.29. The highest BCUT2D eigenvalue weighted by atomic mass is 16.2. The van der Waals surface area contributed by atoms with Gasteiger partial charge in [0.2, 0.25) is 5.91 Å². The van der Waals surface area contributed by atoms with Gasteiger partial charge in [-0.1, -0.05) is 13.8 Å². The summed E-state index contributed by atoms with van der Waals surface area (Å²) in [5.41, 5.74) is 0. The summed E-state index contributed by atoms with van der Waals surface area (Å²) in [6.07, 6.45) is 4.59. The molecule has 1 aliphatic rings. The van der Waals surface area contributed by atoms with Crippen LogP contribution in [0.2, 0.25) is 0 Å². The van der Waals surface area contributed by atoms with Crippen molar-refractivity contribution in [2.24, 2.45) is 11.8 Å². The minimum atomic E-state index is 0.253. The van der Waals surface area contributed by atoms with E-state index in [4.69, 9.17) is 0 Å². The van der Waals surface area contributed by atoms with Gasteiger partial charge in [0, 0.05) is 19.5 Å². The Morgan fingerprint density at radius 1 is 1.38 bits per heavy atom. The minimum absolute atomic E-state index is 0.253. The molecule has 13 heavy (non-hydrogen) atoms. The zero-order valence-corrected chi connectivity index (χ0v) is 9.05. The molecule has 0 radical (unpaired) electrons. The fraction of sp³-hybridized carbons (Fsp3) is 0.909. The number of hydrogen-bond donors (Lipinski definition) is 0. The fourth-order valence-electron chi connectivity index (χ4n) is 1.73. The Morgan fingerprint density at radius 3 is 2.31 bits per heavy atom. The van der Waals surface area contributed by atoms with Crippen LogP contribution in [0.15, 0.2) is 0 Å². The summed E-state index contributed by atoms with van der Waals surface area (Å²) in [6.45, 7) is 5.17. The normalized spacial score (nSPS) is 16.3. The predicted molar refractivity (Wildman–Crippen MR) is 54.4 cm³/mol. The van der Waals surface area contributed by atoms with Crippen molar-refractivity contribution in [2.45, 2.75) is 39.5 Å². The van der Waals surface area contributed by atoms with Gasteiger partial charge in [-0.2, -0.15) is 0 Å². The Bertz CT molecular complexity index is 171. The number of carbonyl (C=O) groups is 1. The molecule has 0 bridgehead atoms. The van der Waals surface area contributed by atoms with E-state index in [1.807, 2.05) is 11.9 Å².